The Hall–Kier alpha value is -2.14. The molecule has 0 amide bonds. The van der Waals surface area contributed by atoms with Crippen molar-refractivity contribution in [1.29, 1.82) is 0 Å². The summed E-state index contributed by atoms with van der Waals surface area (Å²) in [6, 6.07) is 3.78. The van der Waals surface area contributed by atoms with Crippen molar-refractivity contribution in [3.63, 3.8) is 0 Å². The first-order valence-electron chi connectivity index (χ1n) is 6.33. The van der Waals surface area contributed by atoms with Gasteiger partial charge in [0.15, 0.2) is 0 Å². The van der Waals surface area contributed by atoms with Gasteiger partial charge < -0.3 is 10.2 Å². The second-order valence-electron chi connectivity index (χ2n) is 4.70. The van der Waals surface area contributed by atoms with Crippen molar-refractivity contribution in [3.05, 3.63) is 50.7 Å². The summed E-state index contributed by atoms with van der Waals surface area (Å²) in [5, 5.41) is 19.9. The molecule has 5 heteroatoms. The molecule has 0 radical (unpaired) electrons. The molecule has 0 unspecified atom stereocenters. The van der Waals surface area contributed by atoms with Crippen molar-refractivity contribution in [1.82, 2.24) is 0 Å². The highest BCUT2D eigenvalue weighted by molar-refractivity contribution is 7.11. The van der Waals surface area contributed by atoms with Gasteiger partial charge in [-0.15, -0.1) is 11.3 Å². The van der Waals surface area contributed by atoms with Crippen LogP contribution in [0, 0.1) is 27.7 Å². The molecule has 0 atom stereocenters. The molecule has 0 aliphatic heterocycles. The highest BCUT2D eigenvalue weighted by Gasteiger charge is 2.16. The van der Waals surface area contributed by atoms with Crippen LogP contribution < -0.4 is 0 Å². The van der Waals surface area contributed by atoms with Crippen molar-refractivity contribution < 1.29 is 19.8 Å². The van der Waals surface area contributed by atoms with Gasteiger partial charge in [-0.05, 0) is 55.3 Å². The van der Waals surface area contributed by atoms with E-state index in [1.165, 1.54) is 11.3 Å². The third-order valence-corrected chi connectivity index (χ3v) is 4.47. The maximum Gasteiger partial charge on any atom is 0.337 e. The zero-order valence-electron chi connectivity index (χ0n) is 12.4. The van der Waals surface area contributed by atoms with Gasteiger partial charge in [-0.25, -0.2) is 9.59 Å². The summed E-state index contributed by atoms with van der Waals surface area (Å²) in [7, 11) is 0. The molecule has 0 spiro atoms. The van der Waals surface area contributed by atoms with Gasteiger partial charge in [0.05, 0.1) is 5.57 Å². The molecule has 0 aliphatic rings. The number of rotatable bonds is 3. The van der Waals surface area contributed by atoms with E-state index in [9.17, 15) is 14.7 Å². The Labute approximate surface area is 127 Å². The lowest BCUT2D eigenvalue weighted by Crippen LogP contribution is -2.04. The van der Waals surface area contributed by atoms with E-state index in [-0.39, 0.29) is 5.57 Å². The Morgan fingerprint density at radius 1 is 1.05 bits per heavy atom. The topological polar surface area (TPSA) is 74.6 Å². The minimum absolute atomic E-state index is 0.207. The predicted octanol–water partition coefficient (Wildman–Crippen LogP) is 3.66. The fraction of sp³-hybridized carbons (Fsp3) is 0.250. The van der Waals surface area contributed by atoms with Crippen molar-refractivity contribution in [2.45, 2.75) is 27.7 Å². The number of carboxylic acids is 2. The van der Waals surface area contributed by atoms with E-state index in [0.29, 0.717) is 4.88 Å². The second-order valence-corrected chi connectivity index (χ2v) is 5.62. The van der Waals surface area contributed by atoms with Gasteiger partial charge in [0.2, 0.25) is 0 Å². The van der Waals surface area contributed by atoms with Crippen LogP contribution in [0.3, 0.4) is 0 Å². The summed E-state index contributed by atoms with van der Waals surface area (Å²) in [6.45, 7) is 7.67. The molecule has 112 valence electrons. The Morgan fingerprint density at radius 3 is 2.19 bits per heavy atom. The van der Waals surface area contributed by atoms with Gasteiger partial charge in [-0.2, -0.15) is 0 Å². The highest BCUT2D eigenvalue weighted by Crippen LogP contribution is 2.26. The normalized spacial score (nSPS) is 11.0. The summed E-state index contributed by atoms with van der Waals surface area (Å²) < 4.78 is 0. The molecular weight excluding hydrogens is 288 g/mol. The first kappa shape index (κ1) is 16.9. The van der Waals surface area contributed by atoms with E-state index in [0.717, 1.165) is 28.3 Å². The molecule has 1 aromatic rings. The van der Waals surface area contributed by atoms with Crippen LogP contribution in [0.5, 0.6) is 0 Å². The van der Waals surface area contributed by atoms with Crippen LogP contribution in [0.2, 0.25) is 0 Å². The summed E-state index contributed by atoms with van der Waals surface area (Å²) in [5.41, 5.74) is 3.65. The van der Waals surface area contributed by atoms with Crippen LogP contribution in [0.15, 0.2) is 23.6 Å². The van der Waals surface area contributed by atoms with Crippen LogP contribution in [-0.2, 0) is 9.59 Å². The van der Waals surface area contributed by atoms with Crippen LogP contribution in [0.1, 0.15) is 27.1 Å². The molecule has 0 saturated carbocycles. The SMILES string of the molecule is Cc1cccsc(C(=CC(=O)O)C(=O)O)c(C)c(C)c1C. The molecular formula is C16H18O4S. The second kappa shape index (κ2) is 7.04. The molecule has 1 aromatic heterocycles. The van der Waals surface area contributed by atoms with E-state index >= 15 is 0 Å². The maximum atomic E-state index is 11.4. The minimum atomic E-state index is -1.27. The molecule has 2 N–H and O–H groups in total. The molecule has 0 aromatic carbocycles. The number of hydrogen-bond donors (Lipinski definition) is 2. The van der Waals surface area contributed by atoms with Gasteiger partial charge in [-0.1, -0.05) is 12.1 Å². The van der Waals surface area contributed by atoms with Gasteiger partial charge >= 0.3 is 11.9 Å². The molecule has 0 fully saturated rings. The first-order chi connectivity index (χ1) is 9.75. The quantitative estimate of drug-likeness (QED) is 0.836. The number of carboxylic acid groups (broad SMARTS) is 2. The van der Waals surface area contributed by atoms with Crippen molar-refractivity contribution >= 4 is 28.8 Å². The lowest BCUT2D eigenvalue weighted by molar-refractivity contribution is -0.133. The van der Waals surface area contributed by atoms with Gasteiger partial charge in [0.25, 0.3) is 0 Å². The number of hydrogen-bond acceptors (Lipinski definition) is 3. The monoisotopic (exact) mass is 306 g/mol. The van der Waals surface area contributed by atoms with E-state index in [2.05, 4.69) is 0 Å². The summed E-state index contributed by atoms with van der Waals surface area (Å²) in [6.07, 6.45) is 0.739. The van der Waals surface area contributed by atoms with Crippen molar-refractivity contribution in [2.24, 2.45) is 0 Å². The van der Waals surface area contributed by atoms with Crippen molar-refractivity contribution in [3.8, 4) is 0 Å². The summed E-state index contributed by atoms with van der Waals surface area (Å²) >= 11 is 1.21. The highest BCUT2D eigenvalue weighted by atomic mass is 32.1. The summed E-state index contributed by atoms with van der Waals surface area (Å²) in [4.78, 5) is 22.7. The molecule has 0 bridgehead atoms. The Bertz CT molecular complexity index is 667. The molecule has 4 nitrogen and oxygen atoms in total. The van der Waals surface area contributed by atoms with Crippen LogP contribution >= 0.6 is 11.3 Å². The Balaban J connectivity index is 3.84. The maximum absolute atomic E-state index is 11.4. The first-order valence-corrected chi connectivity index (χ1v) is 7.21. The fourth-order valence-corrected chi connectivity index (χ4v) is 2.76. The molecule has 1 heterocycles. The molecule has 21 heavy (non-hydrogen) atoms. The van der Waals surface area contributed by atoms with E-state index in [4.69, 9.17) is 5.11 Å². The summed E-state index contributed by atoms with van der Waals surface area (Å²) in [5.74, 6) is -2.52. The van der Waals surface area contributed by atoms with Gasteiger partial charge in [0, 0.05) is 11.0 Å². The van der Waals surface area contributed by atoms with E-state index < -0.39 is 11.9 Å². The molecule has 0 saturated heterocycles. The third-order valence-electron chi connectivity index (χ3n) is 3.41. The Kier molecular flexibility index (Phi) is 5.67. The number of aliphatic carboxylic acids is 2. The third kappa shape index (κ3) is 4.16. The smallest absolute Gasteiger partial charge is 0.337 e. The Morgan fingerprint density at radius 2 is 1.67 bits per heavy atom. The lowest BCUT2D eigenvalue weighted by atomic mass is 10.0. The van der Waals surface area contributed by atoms with Gasteiger partial charge in [-0.3, -0.25) is 0 Å². The average Bonchev–Trinajstić information content (AvgIpc) is 2.45. The predicted molar refractivity (Wildman–Crippen MR) is 84.1 cm³/mol. The van der Waals surface area contributed by atoms with Crippen LogP contribution in [0.4, 0.5) is 0 Å². The fourth-order valence-electron chi connectivity index (χ4n) is 1.87. The standard InChI is InChI=1S/C16H18O4S/c1-9-6-5-7-21-15(12(4)11(3)10(9)2)13(16(19)20)8-14(17)18/h5-8H,1-4H3,(H,17,18)(H,19,20). The average molecular weight is 306 g/mol. The lowest BCUT2D eigenvalue weighted by Gasteiger charge is -2.08. The van der Waals surface area contributed by atoms with Crippen molar-refractivity contribution in [2.75, 3.05) is 0 Å². The largest absolute Gasteiger partial charge is 0.478 e. The minimum Gasteiger partial charge on any atom is -0.478 e. The zero-order chi connectivity index (χ0) is 16.2. The zero-order valence-corrected chi connectivity index (χ0v) is 13.2. The van der Waals surface area contributed by atoms with Crippen LogP contribution in [0.25, 0.3) is 5.57 Å². The van der Waals surface area contributed by atoms with E-state index in [1.807, 2.05) is 39.8 Å². The molecule has 1 rings (SSSR count). The van der Waals surface area contributed by atoms with Crippen LogP contribution in [-0.4, -0.2) is 22.2 Å². The molecule has 0 aliphatic carbocycles. The van der Waals surface area contributed by atoms with E-state index in [1.54, 1.807) is 5.38 Å². The van der Waals surface area contributed by atoms with Gasteiger partial charge in [0.1, 0.15) is 0 Å². The number of aryl methyl sites for hydroxylation is 1. The number of carbonyl (C=O) groups is 2.